The van der Waals surface area contributed by atoms with Gasteiger partial charge in [0.05, 0.1) is 22.9 Å². The summed E-state index contributed by atoms with van der Waals surface area (Å²) in [5.41, 5.74) is 5.34. The number of nitrogens with one attached hydrogen (secondary N) is 2. The summed E-state index contributed by atoms with van der Waals surface area (Å²) in [6.07, 6.45) is 2.79. The second-order valence-corrected chi connectivity index (χ2v) is 7.86. The summed E-state index contributed by atoms with van der Waals surface area (Å²) >= 11 is 0. The van der Waals surface area contributed by atoms with Gasteiger partial charge in [-0.25, -0.2) is 9.97 Å². The van der Waals surface area contributed by atoms with Crippen LogP contribution in [-0.4, -0.2) is 33.4 Å². The number of hydrogen-bond acceptors (Lipinski definition) is 4. The Balaban J connectivity index is 1.79. The molecule has 2 N–H and O–H groups in total. The number of carbonyl (C=O) groups excluding carboxylic acids is 1. The molecule has 4 rings (SSSR count). The number of fused-ring (bicyclic) bond motifs is 3. The number of nitrogens with zero attached hydrogens (tertiary/aromatic N) is 3. The van der Waals surface area contributed by atoms with Crippen LogP contribution in [0.4, 0.5) is 5.82 Å². The van der Waals surface area contributed by atoms with Crippen molar-refractivity contribution in [2.45, 2.75) is 27.2 Å². The van der Waals surface area contributed by atoms with Crippen molar-refractivity contribution < 1.29 is 4.79 Å². The number of aromatic nitrogens is 3. The maximum absolute atomic E-state index is 12.2. The summed E-state index contributed by atoms with van der Waals surface area (Å²) in [5, 5.41) is 6.35. The van der Waals surface area contributed by atoms with Crippen molar-refractivity contribution in [1.29, 1.82) is 0 Å². The number of anilines is 1. The van der Waals surface area contributed by atoms with Crippen molar-refractivity contribution in [3.05, 3.63) is 60.3 Å². The molecule has 30 heavy (non-hydrogen) atoms. The first-order valence-corrected chi connectivity index (χ1v) is 10.5. The predicted molar refractivity (Wildman–Crippen MR) is 122 cm³/mol. The quantitative estimate of drug-likeness (QED) is 0.468. The molecule has 4 aromatic rings. The van der Waals surface area contributed by atoms with Gasteiger partial charge in [-0.05, 0) is 36.6 Å². The third-order valence-corrected chi connectivity index (χ3v) is 4.98. The third-order valence-electron chi connectivity index (χ3n) is 4.98. The molecular weight excluding hydrogens is 374 g/mol. The Bertz CT molecular complexity index is 1180. The van der Waals surface area contributed by atoms with Crippen LogP contribution in [0.3, 0.4) is 0 Å². The molecule has 0 radical (unpaired) electrons. The van der Waals surface area contributed by atoms with Crippen LogP contribution in [0.2, 0.25) is 0 Å². The Morgan fingerprint density at radius 3 is 2.60 bits per heavy atom. The second kappa shape index (κ2) is 8.53. The van der Waals surface area contributed by atoms with E-state index in [1.807, 2.05) is 55.6 Å². The third kappa shape index (κ3) is 3.85. The zero-order valence-corrected chi connectivity index (χ0v) is 17.6. The number of imidazole rings is 1. The maximum atomic E-state index is 12.2. The average Bonchev–Trinajstić information content (AvgIpc) is 3.21. The highest BCUT2D eigenvalue weighted by Crippen LogP contribution is 2.28. The number of para-hydroxylation sites is 2. The molecule has 2 heterocycles. The molecule has 0 unspecified atom stereocenters. The minimum Gasteiger partial charge on any atom is -0.367 e. The van der Waals surface area contributed by atoms with Crippen LogP contribution in [0.15, 0.2) is 54.7 Å². The lowest BCUT2D eigenvalue weighted by molar-refractivity contribution is 0.0953. The maximum Gasteiger partial charge on any atom is 0.251 e. The van der Waals surface area contributed by atoms with Gasteiger partial charge in [-0.3, -0.25) is 9.20 Å². The van der Waals surface area contributed by atoms with Crippen molar-refractivity contribution in [2.75, 3.05) is 18.4 Å². The van der Waals surface area contributed by atoms with Gasteiger partial charge in [0.15, 0.2) is 11.5 Å². The van der Waals surface area contributed by atoms with Gasteiger partial charge in [0.2, 0.25) is 0 Å². The number of carbonyl (C=O) groups is 1. The van der Waals surface area contributed by atoms with E-state index in [4.69, 9.17) is 4.98 Å². The summed E-state index contributed by atoms with van der Waals surface area (Å²) < 4.78 is 2.14. The van der Waals surface area contributed by atoms with E-state index in [1.54, 1.807) is 0 Å². The zero-order chi connectivity index (χ0) is 21.1. The summed E-state index contributed by atoms with van der Waals surface area (Å²) in [7, 11) is 0. The second-order valence-electron chi connectivity index (χ2n) is 7.86. The molecule has 0 spiro atoms. The van der Waals surface area contributed by atoms with E-state index < -0.39 is 0 Å². The standard InChI is InChI=1S/C24H27N5O/c1-4-13-25-24(30)18-11-9-17(10-12-18)21-15-27-23-22(26-14-16(2)3)28-19-7-5-6-8-20(19)29(21)23/h5-12,15-16H,4,13-14H2,1-3H3,(H,25,30)(H,26,28). The Morgan fingerprint density at radius 1 is 1.10 bits per heavy atom. The van der Waals surface area contributed by atoms with E-state index in [1.165, 1.54) is 0 Å². The summed E-state index contributed by atoms with van der Waals surface area (Å²) in [6, 6.07) is 15.7. The smallest absolute Gasteiger partial charge is 0.251 e. The average molecular weight is 402 g/mol. The number of hydrogen-bond donors (Lipinski definition) is 2. The molecule has 0 atom stereocenters. The first-order chi connectivity index (χ1) is 14.6. The fourth-order valence-corrected chi connectivity index (χ4v) is 3.44. The molecule has 0 aliphatic rings. The van der Waals surface area contributed by atoms with Crippen LogP contribution < -0.4 is 10.6 Å². The van der Waals surface area contributed by atoms with Gasteiger partial charge in [-0.15, -0.1) is 0 Å². The molecule has 154 valence electrons. The normalized spacial score (nSPS) is 11.3. The fraction of sp³-hybridized carbons (Fsp3) is 0.292. The molecule has 6 heteroatoms. The highest BCUT2D eigenvalue weighted by molar-refractivity contribution is 5.94. The molecule has 6 nitrogen and oxygen atoms in total. The summed E-state index contributed by atoms with van der Waals surface area (Å²) in [6.45, 7) is 7.88. The molecule has 0 aliphatic heterocycles. The molecule has 2 aromatic carbocycles. The molecule has 1 amide bonds. The van der Waals surface area contributed by atoms with Crippen molar-refractivity contribution in [1.82, 2.24) is 19.7 Å². The summed E-state index contributed by atoms with van der Waals surface area (Å²) in [5.74, 6) is 1.24. The molecule has 2 aromatic heterocycles. The SMILES string of the molecule is CCCNC(=O)c1ccc(-c2cnc3c(NCC(C)C)nc4ccccc4n23)cc1. The van der Waals surface area contributed by atoms with Crippen molar-refractivity contribution in [3.63, 3.8) is 0 Å². The number of benzene rings is 2. The molecule has 0 fully saturated rings. The first kappa shape index (κ1) is 19.9. The van der Waals surface area contributed by atoms with E-state index in [0.29, 0.717) is 18.0 Å². The monoisotopic (exact) mass is 401 g/mol. The lowest BCUT2D eigenvalue weighted by Crippen LogP contribution is -2.23. The van der Waals surface area contributed by atoms with Crippen LogP contribution in [0.5, 0.6) is 0 Å². The lowest BCUT2D eigenvalue weighted by atomic mass is 10.1. The minimum atomic E-state index is -0.0450. The van der Waals surface area contributed by atoms with Crippen LogP contribution in [0.1, 0.15) is 37.6 Å². The van der Waals surface area contributed by atoms with Crippen LogP contribution >= 0.6 is 0 Å². The van der Waals surface area contributed by atoms with Gasteiger partial charge in [-0.2, -0.15) is 0 Å². The highest BCUT2D eigenvalue weighted by atomic mass is 16.1. The Hall–Kier alpha value is -3.41. The first-order valence-electron chi connectivity index (χ1n) is 10.5. The topological polar surface area (TPSA) is 71.3 Å². The van der Waals surface area contributed by atoms with Crippen molar-refractivity contribution >= 4 is 28.4 Å². The minimum absolute atomic E-state index is 0.0450. The molecule has 0 saturated heterocycles. The van der Waals surface area contributed by atoms with Gasteiger partial charge < -0.3 is 10.6 Å². The predicted octanol–water partition coefficient (Wildman–Crippen LogP) is 4.76. The molecular formula is C24H27N5O. The largest absolute Gasteiger partial charge is 0.367 e. The van der Waals surface area contributed by atoms with E-state index in [0.717, 1.165) is 46.7 Å². The summed E-state index contributed by atoms with van der Waals surface area (Å²) in [4.78, 5) is 21.7. The molecule has 0 saturated carbocycles. The van der Waals surface area contributed by atoms with Crippen molar-refractivity contribution in [2.24, 2.45) is 5.92 Å². The van der Waals surface area contributed by atoms with Gasteiger partial charge in [0.25, 0.3) is 5.91 Å². The van der Waals surface area contributed by atoms with Crippen LogP contribution in [-0.2, 0) is 0 Å². The lowest BCUT2D eigenvalue weighted by Gasteiger charge is -2.13. The Labute approximate surface area is 176 Å². The van der Waals surface area contributed by atoms with Gasteiger partial charge in [0, 0.05) is 24.2 Å². The van der Waals surface area contributed by atoms with E-state index in [9.17, 15) is 4.79 Å². The number of rotatable bonds is 7. The van der Waals surface area contributed by atoms with Gasteiger partial charge in [0.1, 0.15) is 0 Å². The van der Waals surface area contributed by atoms with Gasteiger partial charge in [-0.1, -0.05) is 45.0 Å². The van der Waals surface area contributed by atoms with E-state index in [-0.39, 0.29) is 5.91 Å². The molecule has 0 bridgehead atoms. The van der Waals surface area contributed by atoms with Crippen molar-refractivity contribution in [3.8, 4) is 11.3 Å². The fourth-order valence-electron chi connectivity index (χ4n) is 3.44. The van der Waals surface area contributed by atoms with Gasteiger partial charge >= 0.3 is 0 Å². The number of amides is 1. The zero-order valence-electron chi connectivity index (χ0n) is 17.6. The Kier molecular flexibility index (Phi) is 5.65. The van der Waals surface area contributed by atoms with E-state index >= 15 is 0 Å². The highest BCUT2D eigenvalue weighted by Gasteiger charge is 2.15. The van der Waals surface area contributed by atoms with E-state index in [2.05, 4.69) is 39.9 Å². The van der Waals surface area contributed by atoms with Crippen LogP contribution in [0, 0.1) is 5.92 Å². The molecule has 0 aliphatic carbocycles. The van der Waals surface area contributed by atoms with Crippen LogP contribution in [0.25, 0.3) is 27.9 Å². The Morgan fingerprint density at radius 2 is 1.87 bits per heavy atom.